The molecule has 1 saturated heterocycles. The number of nitrogens with zero attached hydrogens (tertiary/aromatic N) is 2. The number of rotatable bonds is 6. The summed E-state index contributed by atoms with van der Waals surface area (Å²) < 4.78 is 51.3. The monoisotopic (exact) mass is 300 g/mol. The normalized spacial score (nSPS) is 19.3. The average Bonchev–Trinajstić information content (AvgIpc) is 2.29. The van der Waals surface area contributed by atoms with E-state index in [1.807, 2.05) is 0 Å². The Morgan fingerprint density at radius 3 is 2.22 bits per heavy atom. The zero-order chi connectivity index (χ0) is 13.8. The van der Waals surface area contributed by atoms with Crippen molar-refractivity contribution in [2.75, 3.05) is 52.6 Å². The molecular formula is C8H20N4O4S2. The second-order valence-electron chi connectivity index (χ2n) is 4.15. The molecule has 1 fully saturated rings. The summed E-state index contributed by atoms with van der Waals surface area (Å²) in [5.41, 5.74) is 0. The Kier molecular flexibility index (Phi) is 5.49. The molecular weight excluding hydrogens is 280 g/mol. The van der Waals surface area contributed by atoms with E-state index in [0.717, 1.165) is 4.31 Å². The maximum atomic E-state index is 11.8. The molecule has 0 saturated carbocycles. The van der Waals surface area contributed by atoms with Gasteiger partial charge in [-0.15, -0.1) is 0 Å². The van der Waals surface area contributed by atoms with Gasteiger partial charge in [-0.2, -0.15) is 12.7 Å². The molecule has 0 aromatic heterocycles. The van der Waals surface area contributed by atoms with Crippen LogP contribution in [0, 0.1) is 0 Å². The molecule has 0 aromatic rings. The van der Waals surface area contributed by atoms with Crippen LogP contribution in [0.15, 0.2) is 0 Å². The summed E-state index contributed by atoms with van der Waals surface area (Å²) in [4.78, 5) is 0. The first-order chi connectivity index (χ1) is 8.26. The van der Waals surface area contributed by atoms with Gasteiger partial charge in [-0.05, 0) is 0 Å². The van der Waals surface area contributed by atoms with E-state index < -0.39 is 20.2 Å². The van der Waals surface area contributed by atoms with Gasteiger partial charge in [0, 0.05) is 46.8 Å². The second-order valence-corrected chi connectivity index (χ2v) is 8.20. The van der Waals surface area contributed by atoms with E-state index in [1.165, 1.54) is 18.4 Å². The first-order valence-electron chi connectivity index (χ1n) is 5.61. The third-order valence-corrected chi connectivity index (χ3v) is 6.06. The first-order valence-corrected chi connectivity index (χ1v) is 8.66. The van der Waals surface area contributed by atoms with Crippen LogP contribution in [0.4, 0.5) is 0 Å². The third kappa shape index (κ3) is 4.44. The van der Waals surface area contributed by atoms with Crippen LogP contribution in [0.2, 0.25) is 0 Å². The van der Waals surface area contributed by atoms with Gasteiger partial charge in [0.1, 0.15) is 0 Å². The Balaban J connectivity index is 2.47. The fraction of sp³-hybridized carbons (Fsp3) is 1.00. The van der Waals surface area contributed by atoms with Crippen molar-refractivity contribution >= 4 is 20.2 Å². The standard InChI is InChI=1S/C8H20N4O4S2/c1-11(2)17(13,14)8-5-10-18(15,16)12-6-3-9-4-7-12/h9-10H,3-8H2,1-2H3. The van der Waals surface area contributed by atoms with Gasteiger partial charge in [-0.1, -0.05) is 0 Å². The number of piperazine rings is 1. The molecule has 1 aliphatic rings. The predicted octanol–water partition coefficient (Wildman–Crippen LogP) is -2.38. The van der Waals surface area contributed by atoms with Crippen LogP contribution in [0.3, 0.4) is 0 Å². The zero-order valence-corrected chi connectivity index (χ0v) is 12.2. The highest BCUT2D eigenvalue weighted by molar-refractivity contribution is 7.89. The van der Waals surface area contributed by atoms with Gasteiger partial charge in [0.05, 0.1) is 5.75 Å². The average molecular weight is 300 g/mol. The highest BCUT2D eigenvalue weighted by Gasteiger charge is 2.24. The van der Waals surface area contributed by atoms with Crippen LogP contribution < -0.4 is 10.0 Å². The number of hydrogen-bond acceptors (Lipinski definition) is 5. The predicted molar refractivity (Wildman–Crippen MR) is 68.8 cm³/mol. The lowest BCUT2D eigenvalue weighted by Gasteiger charge is -2.26. The molecule has 10 heteroatoms. The van der Waals surface area contributed by atoms with Crippen molar-refractivity contribution in [3.8, 4) is 0 Å². The minimum absolute atomic E-state index is 0.118. The number of sulfonamides is 1. The molecule has 108 valence electrons. The molecule has 0 aliphatic carbocycles. The summed E-state index contributed by atoms with van der Waals surface area (Å²) in [6, 6.07) is 0. The molecule has 18 heavy (non-hydrogen) atoms. The lowest BCUT2D eigenvalue weighted by molar-refractivity contribution is 0.355. The van der Waals surface area contributed by atoms with Crippen molar-refractivity contribution in [2.24, 2.45) is 0 Å². The summed E-state index contributed by atoms with van der Waals surface area (Å²) in [6.45, 7) is 1.89. The summed E-state index contributed by atoms with van der Waals surface area (Å²) >= 11 is 0. The van der Waals surface area contributed by atoms with Gasteiger partial charge in [0.25, 0.3) is 10.2 Å². The van der Waals surface area contributed by atoms with Gasteiger partial charge < -0.3 is 5.32 Å². The van der Waals surface area contributed by atoms with Gasteiger partial charge in [0.2, 0.25) is 10.0 Å². The minimum atomic E-state index is -3.57. The van der Waals surface area contributed by atoms with E-state index >= 15 is 0 Å². The fourth-order valence-corrected chi connectivity index (χ4v) is 3.52. The molecule has 0 atom stereocenters. The molecule has 0 bridgehead atoms. The molecule has 0 spiro atoms. The van der Waals surface area contributed by atoms with E-state index in [2.05, 4.69) is 10.0 Å². The van der Waals surface area contributed by atoms with Gasteiger partial charge in [-0.25, -0.2) is 17.4 Å². The highest BCUT2D eigenvalue weighted by Crippen LogP contribution is 2.00. The van der Waals surface area contributed by atoms with E-state index in [9.17, 15) is 16.8 Å². The largest absolute Gasteiger partial charge is 0.314 e. The number of nitrogens with one attached hydrogen (secondary N) is 2. The van der Waals surface area contributed by atoms with Crippen molar-refractivity contribution < 1.29 is 16.8 Å². The molecule has 8 nitrogen and oxygen atoms in total. The molecule has 1 rings (SSSR count). The van der Waals surface area contributed by atoms with Crippen LogP contribution in [-0.4, -0.2) is 78.0 Å². The van der Waals surface area contributed by atoms with Crippen molar-refractivity contribution in [1.82, 2.24) is 18.6 Å². The Morgan fingerprint density at radius 2 is 1.72 bits per heavy atom. The van der Waals surface area contributed by atoms with Crippen molar-refractivity contribution in [3.05, 3.63) is 0 Å². The van der Waals surface area contributed by atoms with Crippen molar-refractivity contribution in [1.29, 1.82) is 0 Å². The maximum absolute atomic E-state index is 11.8. The van der Waals surface area contributed by atoms with E-state index in [0.29, 0.717) is 26.2 Å². The molecule has 0 radical (unpaired) electrons. The second kappa shape index (κ2) is 6.26. The highest BCUT2D eigenvalue weighted by atomic mass is 32.2. The molecule has 1 heterocycles. The molecule has 0 unspecified atom stereocenters. The first kappa shape index (κ1) is 15.8. The Morgan fingerprint density at radius 1 is 1.17 bits per heavy atom. The molecule has 0 aromatic carbocycles. The zero-order valence-electron chi connectivity index (χ0n) is 10.6. The maximum Gasteiger partial charge on any atom is 0.279 e. The quantitative estimate of drug-likeness (QED) is 0.571. The van der Waals surface area contributed by atoms with E-state index in [4.69, 9.17) is 0 Å². The van der Waals surface area contributed by atoms with Crippen molar-refractivity contribution in [3.63, 3.8) is 0 Å². The lowest BCUT2D eigenvalue weighted by atomic mass is 10.4. The van der Waals surface area contributed by atoms with Crippen LogP contribution in [0.5, 0.6) is 0 Å². The smallest absolute Gasteiger partial charge is 0.279 e. The molecule has 2 N–H and O–H groups in total. The minimum Gasteiger partial charge on any atom is -0.314 e. The molecule has 1 aliphatic heterocycles. The fourth-order valence-electron chi connectivity index (χ4n) is 1.46. The lowest BCUT2D eigenvalue weighted by Crippen LogP contribution is -2.51. The summed E-state index contributed by atoms with van der Waals surface area (Å²) in [7, 11) is -4.11. The summed E-state index contributed by atoms with van der Waals surface area (Å²) in [5, 5.41) is 3.05. The molecule has 0 amide bonds. The SMILES string of the molecule is CN(C)S(=O)(=O)CCNS(=O)(=O)N1CCNCC1. The van der Waals surface area contributed by atoms with Gasteiger partial charge in [0.15, 0.2) is 0 Å². The van der Waals surface area contributed by atoms with Crippen LogP contribution >= 0.6 is 0 Å². The Hall–Kier alpha value is -0.260. The third-order valence-electron chi connectivity index (χ3n) is 2.62. The van der Waals surface area contributed by atoms with Crippen LogP contribution in [0.1, 0.15) is 0 Å². The summed E-state index contributed by atoms with van der Waals surface area (Å²) in [5.74, 6) is -0.245. The summed E-state index contributed by atoms with van der Waals surface area (Å²) in [6.07, 6.45) is 0. The van der Waals surface area contributed by atoms with Crippen molar-refractivity contribution in [2.45, 2.75) is 0 Å². The topological polar surface area (TPSA) is 98.8 Å². The number of hydrogen-bond donors (Lipinski definition) is 2. The van der Waals surface area contributed by atoms with Gasteiger partial charge >= 0.3 is 0 Å². The van der Waals surface area contributed by atoms with Gasteiger partial charge in [-0.3, -0.25) is 0 Å². The van der Waals surface area contributed by atoms with E-state index in [1.54, 1.807) is 0 Å². The Labute approximate surface area is 109 Å². The van der Waals surface area contributed by atoms with Crippen LogP contribution in [0.25, 0.3) is 0 Å². The van der Waals surface area contributed by atoms with Crippen LogP contribution in [-0.2, 0) is 20.2 Å². The Bertz CT molecular complexity index is 453. The van der Waals surface area contributed by atoms with E-state index in [-0.39, 0.29) is 12.3 Å².